The van der Waals surface area contributed by atoms with Gasteiger partial charge in [-0.3, -0.25) is 4.98 Å². The number of allylic oxidation sites excluding steroid dienone is 3. The lowest BCUT2D eigenvalue weighted by Gasteiger charge is -2.21. The Labute approximate surface area is 185 Å². The predicted octanol–water partition coefficient (Wildman–Crippen LogP) is 5.29. The van der Waals surface area contributed by atoms with Crippen LogP contribution in [-0.4, -0.2) is 41.9 Å². The van der Waals surface area contributed by atoms with Gasteiger partial charge in [-0.25, -0.2) is 18.6 Å². The second-order valence-corrected chi connectivity index (χ2v) is 7.64. The normalized spacial score (nSPS) is 16.2. The molecule has 1 heterocycles. The first-order valence-corrected chi connectivity index (χ1v) is 10.3. The van der Waals surface area contributed by atoms with Gasteiger partial charge in [-0.2, -0.15) is 0 Å². The number of ether oxygens (including phenoxy) is 2. The van der Waals surface area contributed by atoms with Crippen LogP contribution in [0.15, 0.2) is 47.9 Å². The van der Waals surface area contributed by atoms with Crippen LogP contribution in [0.4, 0.5) is 8.78 Å². The Hall–Kier alpha value is -3.13. The highest BCUT2D eigenvalue weighted by molar-refractivity contribution is 5.90. The van der Waals surface area contributed by atoms with Crippen LogP contribution in [0, 0.1) is 6.92 Å². The molecule has 0 spiro atoms. The zero-order valence-electron chi connectivity index (χ0n) is 18.3. The molecule has 2 aromatic rings. The van der Waals surface area contributed by atoms with Crippen LogP contribution in [0.2, 0.25) is 0 Å². The summed E-state index contributed by atoms with van der Waals surface area (Å²) < 4.78 is 38.7. The van der Waals surface area contributed by atoms with Crippen LogP contribution in [0.1, 0.15) is 52.5 Å². The molecule has 1 aromatic heterocycles. The van der Waals surface area contributed by atoms with E-state index in [0.29, 0.717) is 35.5 Å². The maximum atomic E-state index is 14.4. The summed E-state index contributed by atoms with van der Waals surface area (Å²) in [7, 11) is 2.87. The van der Waals surface area contributed by atoms with E-state index < -0.39 is 29.3 Å². The highest BCUT2D eigenvalue weighted by Gasteiger charge is 2.28. The number of unbranched alkanes of at least 4 members (excludes halogenated alkanes) is 1. The van der Waals surface area contributed by atoms with E-state index >= 15 is 0 Å². The largest absolute Gasteiger partial charge is 0.491 e. The lowest BCUT2D eigenvalue weighted by molar-refractivity contribution is 0.0696. The van der Waals surface area contributed by atoms with Crippen LogP contribution in [0.3, 0.4) is 0 Å². The predicted molar refractivity (Wildman–Crippen MR) is 116 cm³/mol. The maximum Gasteiger partial charge on any atom is 0.335 e. The number of nitrogens with zero attached hydrogens (tertiary/aromatic N) is 2. The monoisotopic (exact) mass is 444 g/mol. The van der Waals surface area contributed by atoms with Gasteiger partial charge in [-0.15, -0.1) is 0 Å². The zero-order valence-corrected chi connectivity index (χ0v) is 18.3. The third kappa shape index (κ3) is 5.19. The molecule has 0 aliphatic heterocycles. The molecule has 8 heteroatoms. The van der Waals surface area contributed by atoms with Crippen LogP contribution in [0.25, 0.3) is 11.3 Å². The quantitative estimate of drug-likeness (QED) is 0.530. The Balaban J connectivity index is 2.03. The summed E-state index contributed by atoms with van der Waals surface area (Å²) in [5.74, 6) is -3.56. The molecule has 0 saturated heterocycles. The first-order chi connectivity index (χ1) is 15.3. The standard InChI is InChI=1S/C24H26F2N2O4/c1-14-10-15(7-8-18(14)24(29)30)22-21(16-11-19(25)23(32-3)20(26)12-16)27-13-17(28-22)6-4-5-9-31-2/h7-8,10-11,13,16H,4-6,9,12H2,1-3H3,(H,29,30). The summed E-state index contributed by atoms with van der Waals surface area (Å²) in [6.45, 7) is 2.34. The number of halogens is 2. The van der Waals surface area contributed by atoms with E-state index in [1.807, 2.05) is 0 Å². The first-order valence-electron chi connectivity index (χ1n) is 10.3. The van der Waals surface area contributed by atoms with E-state index in [1.54, 1.807) is 32.4 Å². The van der Waals surface area contributed by atoms with Crippen LogP contribution in [-0.2, 0) is 15.9 Å². The molecule has 0 radical (unpaired) electrons. The fourth-order valence-corrected chi connectivity index (χ4v) is 3.75. The van der Waals surface area contributed by atoms with Crippen LogP contribution in [0.5, 0.6) is 0 Å². The highest BCUT2D eigenvalue weighted by atomic mass is 19.1. The summed E-state index contributed by atoms with van der Waals surface area (Å²) in [6, 6.07) is 4.86. The number of aromatic carboxylic acids is 1. The van der Waals surface area contributed by atoms with E-state index in [2.05, 4.69) is 4.98 Å². The van der Waals surface area contributed by atoms with Gasteiger partial charge >= 0.3 is 5.97 Å². The molecule has 170 valence electrons. The number of methoxy groups -OCH3 is 2. The van der Waals surface area contributed by atoms with Crippen molar-refractivity contribution in [3.8, 4) is 11.3 Å². The number of rotatable bonds is 9. The van der Waals surface area contributed by atoms with E-state index in [1.165, 1.54) is 19.3 Å². The molecule has 1 aliphatic carbocycles. The van der Waals surface area contributed by atoms with Crippen LogP contribution >= 0.6 is 0 Å². The average Bonchev–Trinajstić information content (AvgIpc) is 2.76. The summed E-state index contributed by atoms with van der Waals surface area (Å²) in [5.41, 5.74) is 3.04. The Morgan fingerprint density at radius 2 is 2.03 bits per heavy atom. The minimum atomic E-state index is -1.02. The van der Waals surface area contributed by atoms with Crippen molar-refractivity contribution >= 4 is 5.97 Å². The molecule has 0 fully saturated rings. The van der Waals surface area contributed by atoms with Gasteiger partial charge in [-0.05, 0) is 50.0 Å². The maximum absolute atomic E-state index is 14.4. The third-order valence-electron chi connectivity index (χ3n) is 5.38. The number of aryl methyl sites for hydroxylation is 2. The number of hydrogen-bond acceptors (Lipinski definition) is 5. The van der Waals surface area contributed by atoms with Gasteiger partial charge < -0.3 is 14.6 Å². The molecule has 0 amide bonds. The second-order valence-electron chi connectivity index (χ2n) is 7.64. The molecule has 1 unspecified atom stereocenters. The first kappa shape index (κ1) is 23.5. The van der Waals surface area contributed by atoms with Gasteiger partial charge in [0.1, 0.15) is 5.83 Å². The van der Waals surface area contributed by atoms with Crippen molar-refractivity contribution in [3.05, 3.63) is 70.4 Å². The van der Waals surface area contributed by atoms with E-state index in [-0.39, 0.29) is 12.0 Å². The number of aromatic nitrogens is 2. The summed E-state index contributed by atoms with van der Waals surface area (Å²) in [6.07, 6.45) is 5.21. The lowest BCUT2D eigenvalue weighted by Crippen LogP contribution is -2.11. The van der Waals surface area contributed by atoms with Gasteiger partial charge in [0.2, 0.25) is 0 Å². The fraction of sp³-hybridized carbons (Fsp3) is 0.375. The second kappa shape index (κ2) is 10.5. The molecule has 32 heavy (non-hydrogen) atoms. The number of hydrogen-bond donors (Lipinski definition) is 1. The van der Waals surface area contributed by atoms with Crippen molar-refractivity contribution in [1.29, 1.82) is 0 Å². The van der Waals surface area contributed by atoms with Gasteiger partial charge in [-0.1, -0.05) is 6.07 Å². The smallest absolute Gasteiger partial charge is 0.335 e. The summed E-state index contributed by atoms with van der Waals surface area (Å²) in [4.78, 5) is 20.7. The van der Waals surface area contributed by atoms with Crippen LogP contribution < -0.4 is 0 Å². The Kier molecular flexibility index (Phi) is 7.69. The van der Waals surface area contributed by atoms with Crippen molar-refractivity contribution in [3.63, 3.8) is 0 Å². The van der Waals surface area contributed by atoms with Crippen molar-refractivity contribution in [2.45, 2.75) is 38.5 Å². The Bertz CT molecular complexity index is 1070. The molecule has 1 aliphatic rings. The molecular weight excluding hydrogens is 418 g/mol. The fourth-order valence-electron chi connectivity index (χ4n) is 3.75. The van der Waals surface area contributed by atoms with Crippen molar-refractivity contribution in [1.82, 2.24) is 9.97 Å². The minimum Gasteiger partial charge on any atom is -0.491 e. The van der Waals surface area contributed by atoms with Crippen molar-refractivity contribution in [2.24, 2.45) is 0 Å². The molecular formula is C24H26F2N2O4. The van der Waals surface area contributed by atoms with E-state index in [0.717, 1.165) is 18.5 Å². The summed E-state index contributed by atoms with van der Waals surface area (Å²) in [5, 5.41) is 9.33. The van der Waals surface area contributed by atoms with Crippen molar-refractivity contribution in [2.75, 3.05) is 20.8 Å². The molecule has 0 saturated carbocycles. The molecule has 6 nitrogen and oxygen atoms in total. The number of benzene rings is 1. The SMILES string of the molecule is COCCCCc1cnc(C2C=C(F)C(OC)=C(F)C2)c(-c2ccc(C(=O)O)c(C)c2)n1. The van der Waals surface area contributed by atoms with E-state index in [9.17, 15) is 18.7 Å². The molecule has 1 atom stereocenters. The third-order valence-corrected chi connectivity index (χ3v) is 5.38. The van der Waals surface area contributed by atoms with Gasteiger partial charge in [0.15, 0.2) is 11.6 Å². The molecule has 0 bridgehead atoms. The number of carboxylic acid groups (broad SMARTS) is 1. The summed E-state index contributed by atoms with van der Waals surface area (Å²) >= 11 is 0. The Morgan fingerprint density at radius 3 is 2.66 bits per heavy atom. The zero-order chi connectivity index (χ0) is 23.3. The lowest BCUT2D eigenvalue weighted by atomic mass is 9.91. The van der Waals surface area contributed by atoms with Gasteiger partial charge in [0, 0.05) is 37.8 Å². The van der Waals surface area contributed by atoms with Gasteiger partial charge in [0.05, 0.1) is 29.8 Å². The highest BCUT2D eigenvalue weighted by Crippen LogP contribution is 2.39. The molecule has 1 aromatic carbocycles. The molecule has 1 N–H and O–H groups in total. The van der Waals surface area contributed by atoms with E-state index in [4.69, 9.17) is 14.5 Å². The van der Waals surface area contributed by atoms with Crippen molar-refractivity contribution < 1.29 is 28.2 Å². The number of carboxylic acids is 1. The van der Waals surface area contributed by atoms with Gasteiger partial charge in [0.25, 0.3) is 0 Å². The molecule has 3 rings (SSSR count). The topological polar surface area (TPSA) is 81.5 Å². The Morgan fingerprint density at radius 1 is 1.25 bits per heavy atom. The average molecular weight is 444 g/mol. The minimum absolute atomic E-state index is 0.0996. The number of carbonyl (C=O) groups is 1.